The van der Waals surface area contributed by atoms with E-state index in [0.717, 1.165) is 57.4 Å². The Balaban J connectivity index is 1.43. The predicted octanol–water partition coefficient (Wildman–Crippen LogP) is 1.81. The minimum atomic E-state index is -0.115. The number of nitrogens with one attached hydrogen (secondary N) is 1. The standard InChI is InChI=1S/C22H34N4O2S/c1-17-4-8-26(16-18-3-2-7-23-15-18)22(28)20(17)21(27)25-9-5-19(6-10-25)24-11-13-29-14-12-24/h4,8,18-19,23H,2-3,5-7,9-16H2,1H3. The Hall–Kier alpha value is -1.31. The molecule has 0 radical (unpaired) electrons. The fourth-order valence-corrected chi connectivity index (χ4v) is 5.89. The van der Waals surface area contributed by atoms with Crippen molar-refractivity contribution in [1.82, 2.24) is 19.7 Å². The van der Waals surface area contributed by atoms with Crippen LogP contribution in [0, 0.1) is 12.8 Å². The maximum atomic E-state index is 13.3. The van der Waals surface area contributed by atoms with Gasteiger partial charge in [0.05, 0.1) is 0 Å². The van der Waals surface area contributed by atoms with Gasteiger partial charge in [0, 0.05) is 56.5 Å². The first-order chi connectivity index (χ1) is 14.1. The highest BCUT2D eigenvalue weighted by Crippen LogP contribution is 2.22. The maximum Gasteiger partial charge on any atom is 0.263 e. The van der Waals surface area contributed by atoms with Crippen LogP contribution < -0.4 is 10.9 Å². The van der Waals surface area contributed by atoms with Crippen molar-refractivity contribution in [2.24, 2.45) is 5.92 Å². The van der Waals surface area contributed by atoms with Gasteiger partial charge in [-0.05, 0) is 63.2 Å². The van der Waals surface area contributed by atoms with Crippen molar-refractivity contribution in [2.45, 2.75) is 45.2 Å². The van der Waals surface area contributed by atoms with Crippen LogP contribution in [0.5, 0.6) is 0 Å². The first-order valence-corrected chi connectivity index (χ1v) is 12.3. The lowest BCUT2D eigenvalue weighted by atomic mass is 9.99. The number of hydrogen-bond donors (Lipinski definition) is 1. The first-order valence-electron chi connectivity index (χ1n) is 11.2. The van der Waals surface area contributed by atoms with Gasteiger partial charge in [0.2, 0.25) is 0 Å². The number of aromatic nitrogens is 1. The monoisotopic (exact) mass is 418 g/mol. The lowest BCUT2D eigenvalue weighted by Crippen LogP contribution is -2.50. The maximum absolute atomic E-state index is 13.3. The predicted molar refractivity (Wildman–Crippen MR) is 119 cm³/mol. The van der Waals surface area contributed by atoms with E-state index in [0.29, 0.717) is 24.1 Å². The van der Waals surface area contributed by atoms with Crippen molar-refractivity contribution < 1.29 is 4.79 Å². The lowest BCUT2D eigenvalue weighted by molar-refractivity contribution is 0.0627. The normalized spacial score (nSPS) is 24.6. The number of nitrogens with zero attached hydrogens (tertiary/aromatic N) is 3. The molecule has 3 aliphatic heterocycles. The van der Waals surface area contributed by atoms with Crippen molar-refractivity contribution >= 4 is 17.7 Å². The molecule has 4 heterocycles. The SMILES string of the molecule is Cc1ccn(CC2CCCNC2)c(=O)c1C(=O)N1CCC(N2CCSCC2)CC1. The van der Waals surface area contributed by atoms with Crippen LogP contribution in [-0.4, -0.2) is 77.1 Å². The molecule has 3 saturated heterocycles. The molecule has 7 heteroatoms. The summed E-state index contributed by atoms with van der Waals surface area (Å²) in [7, 11) is 0. The average Bonchev–Trinajstić information content (AvgIpc) is 2.77. The molecule has 4 rings (SSSR count). The van der Waals surface area contributed by atoms with E-state index in [1.165, 1.54) is 24.6 Å². The van der Waals surface area contributed by atoms with Gasteiger partial charge in [0.25, 0.3) is 11.5 Å². The molecule has 29 heavy (non-hydrogen) atoms. The molecule has 0 aliphatic carbocycles. The van der Waals surface area contributed by atoms with E-state index in [2.05, 4.69) is 10.2 Å². The Morgan fingerprint density at radius 3 is 2.62 bits per heavy atom. The average molecular weight is 419 g/mol. The van der Waals surface area contributed by atoms with Gasteiger partial charge in [-0.3, -0.25) is 14.5 Å². The minimum absolute atomic E-state index is 0.0729. The third-order valence-electron chi connectivity index (χ3n) is 6.76. The zero-order valence-corrected chi connectivity index (χ0v) is 18.4. The van der Waals surface area contributed by atoms with Gasteiger partial charge in [-0.25, -0.2) is 0 Å². The van der Waals surface area contributed by atoms with E-state index in [-0.39, 0.29) is 11.5 Å². The van der Waals surface area contributed by atoms with Crippen LogP contribution in [0.4, 0.5) is 0 Å². The highest BCUT2D eigenvalue weighted by atomic mass is 32.2. The number of carbonyl (C=O) groups is 1. The van der Waals surface area contributed by atoms with Crippen LogP contribution in [0.1, 0.15) is 41.6 Å². The van der Waals surface area contributed by atoms with Crippen molar-refractivity contribution in [1.29, 1.82) is 0 Å². The molecule has 3 aliphatic rings. The molecular weight excluding hydrogens is 384 g/mol. The van der Waals surface area contributed by atoms with Crippen LogP contribution >= 0.6 is 11.8 Å². The summed E-state index contributed by atoms with van der Waals surface area (Å²) in [4.78, 5) is 30.9. The third kappa shape index (κ3) is 4.89. The molecule has 0 spiro atoms. The molecule has 0 saturated carbocycles. The van der Waals surface area contributed by atoms with Crippen LogP contribution in [0.3, 0.4) is 0 Å². The number of rotatable bonds is 4. The van der Waals surface area contributed by atoms with Crippen molar-refractivity contribution in [3.63, 3.8) is 0 Å². The van der Waals surface area contributed by atoms with Gasteiger partial charge in [0.1, 0.15) is 5.56 Å². The number of likely N-dealkylation sites (tertiary alicyclic amines) is 1. The van der Waals surface area contributed by atoms with Crippen LogP contribution in [-0.2, 0) is 6.54 Å². The fourth-order valence-electron chi connectivity index (χ4n) is 4.96. The number of carbonyl (C=O) groups excluding carboxylic acids is 1. The Bertz CT molecular complexity index is 761. The second-order valence-electron chi connectivity index (χ2n) is 8.72. The summed E-state index contributed by atoms with van der Waals surface area (Å²) in [6.45, 7) is 8.45. The van der Waals surface area contributed by atoms with E-state index in [9.17, 15) is 9.59 Å². The first kappa shape index (κ1) is 20.9. The number of piperidine rings is 2. The second-order valence-corrected chi connectivity index (χ2v) is 9.94. The summed E-state index contributed by atoms with van der Waals surface area (Å²) >= 11 is 2.03. The molecule has 3 fully saturated rings. The van der Waals surface area contributed by atoms with Crippen molar-refractivity contribution in [3.05, 3.63) is 33.7 Å². The summed E-state index contributed by atoms with van der Waals surface area (Å²) in [6, 6.07) is 2.52. The molecule has 1 aromatic heterocycles. The van der Waals surface area contributed by atoms with Gasteiger partial charge in [-0.1, -0.05) is 0 Å². The van der Waals surface area contributed by atoms with E-state index in [4.69, 9.17) is 0 Å². The molecular formula is C22H34N4O2S. The number of pyridine rings is 1. The minimum Gasteiger partial charge on any atom is -0.338 e. The largest absolute Gasteiger partial charge is 0.338 e. The van der Waals surface area contributed by atoms with Gasteiger partial charge >= 0.3 is 0 Å². The number of thioether (sulfide) groups is 1. The van der Waals surface area contributed by atoms with Gasteiger partial charge < -0.3 is 14.8 Å². The topological polar surface area (TPSA) is 57.6 Å². The summed E-state index contributed by atoms with van der Waals surface area (Å²) in [5.74, 6) is 2.83. The Labute approximate surface area is 178 Å². The van der Waals surface area contributed by atoms with Crippen LogP contribution in [0.2, 0.25) is 0 Å². The van der Waals surface area contributed by atoms with Gasteiger partial charge in [-0.15, -0.1) is 0 Å². The van der Waals surface area contributed by atoms with E-state index < -0.39 is 0 Å². The van der Waals surface area contributed by atoms with E-state index in [1.54, 1.807) is 4.57 Å². The summed E-state index contributed by atoms with van der Waals surface area (Å²) < 4.78 is 1.76. The van der Waals surface area contributed by atoms with Crippen molar-refractivity contribution in [2.75, 3.05) is 50.8 Å². The molecule has 1 unspecified atom stereocenters. The van der Waals surface area contributed by atoms with Gasteiger partial charge in [-0.2, -0.15) is 11.8 Å². The molecule has 1 atom stereocenters. The summed E-state index contributed by atoms with van der Waals surface area (Å²) in [5.41, 5.74) is 1.06. The summed E-state index contributed by atoms with van der Waals surface area (Å²) in [6.07, 6.45) is 6.19. The number of aryl methyl sites for hydroxylation is 1. The van der Waals surface area contributed by atoms with E-state index in [1.807, 2.05) is 35.8 Å². The summed E-state index contributed by atoms with van der Waals surface area (Å²) in [5, 5.41) is 3.41. The third-order valence-corrected chi connectivity index (χ3v) is 7.70. The molecule has 0 bridgehead atoms. The Kier molecular flexibility index (Phi) is 6.98. The molecule has 6 nitrogen and oxygen atoms in total. The lowest BCUT2D eigenvalue weighted by Gasteiger charge is -2.40. The van der Waals surface area contributed by atoms with Crippen LogP contribution in [0.25, 0.3) is 0 Å². The van der Waals surface area contributed by atoms with E-state index >= 15 is 0 Å². The molecule has 1 aromatic rings. The molecule has 0 aromatic carbocycles. The van der Waals surface area contributed by atoms with Crippen molar-refractivity contribution in [3.8, 4) is 0 Å². The van der Waals surface area contributed by atoms with Crippen LogP contribution in [0.15, 0.2) is 17.1 Å². The highest BCUT2D eigenvalue weighted by molar-refractivity contribution is 7.99. The Morgan fingerprint density at radius 1 is 1.17 bits per heavy atom. The Morgan fingerprint density at radius 2 is 1.93 bits per heavy atom. The smallest absolute Gasteiger partial charge is 0.263 e. The molecule has 1 N–H and O–H groups in total. The number of amides is 1. The number of hydrogen-bond acceptors (Lipinski definition) is 5. The molecule has 160 valence electrons. The zero-order valence-electron chi connectivity index (χ0n) is 17.6. The zero-order chi connectivity index (χ0) is 20.2. The highest BCUT2D eigenvalue weighted by Gasteiger charge is 2.30. The fraction of sp³-hybridized carbons (Fsp3) is 0.727. The quantitative estimate of drug-likeness (QED) is 0.808. The van der Waals surface area contributed by atoms with Gasteiger partial charge in [0.15, 0.2) is 0 Å². The second kappa shape index (κ2) is 9.67. The molecule has 1 amide bonds.